The summed E-state index contributed by atoms with van der Waals surface area (Å²) in [5, 5.41) is 3.11. The monoisotopic (exact) mass is 246 g/mol. The van der Waals surface area contributed by atoms with E-state index in [1.165, 1.54) is 11.1 Å². The van der Waals surface area contributed by atoms with Crippen LogP contribution in [-0.4, -0.2) is 12.5 Å². The smallest absolute Gasteiger partial charge is 0.227 e. The molecule has 1 amide bonds. The Labute approximate surface area is 109 Å². The SMILES string of the molecule is Cc1ccccc1[C@H](C)NC(=O)C1(CN)CCC1. The van der Waals surface area contributed by atoms with Crippen molar-refractivity contribution in [1.82, 2.24) is 5.32 Å². The van der Waals surface area contributed by atoms with Crippen molar-refractivity contribution >= 4 is 5.91 Å². The van der Waals surface area contributed by atoms with Crippen LogP contribution in [0.3, 0.4) is 0 Å². The zero-order valence-corrected chi connectivity index (χ0v) is 11.2. The number of rotatable bonds is 4. The molecule has 0 radical (unpaired) electrons. The Morgan fingerprint density at radius 3 is 2.61 bits per heavy atom. The number of hydrogen-bond donors (Lipinski definition) is 2. The molecule has 1 aliphatic carbocycles. The number of amides is 1. The van der Waals surface area contributed by atoms with E-state index in [4.69, 9.17) is 5.73 Å². The van der Waals surface area contributed by atoms with E-state index in [9.17, 15) is 4.79 Å². The second-order valence-corrected chi connectivity index (χ2v) is 5.39. The molecule has 3 nitrogen and oxygen atoms in total. The van der Waals surface area contributed by atoms with Gasteiger partial charge in [0.1, 0.15) is 0 Å². The minimum atomic E-state index is -0.295. The van der Waals surface area contributed by atoms with Gasteiger partial charge in [0, 0.05) is 6.54 Å². The van der Waals surface area contributed by atoms with Gasteiger partial charge in [-0.1, -0.05) is 30.7 Å². The Balaban J connectivity index is 2.06. The number of benzene rings is 1. The van der Waals surface area contributed by atoms with Crippen LogP contribution in [0, 0.1) is 12.3 Å². The summed E-state index contributed by atoms with van der Waals surface area (Å²) >= 11 is 0. The largest absolute Gasteiger partial charge is 0.349 e. The van der Waals surface area contributed by atoms with Crippen molar-refractivity contribution in [2.24, 2.45) is 11.1 Å². The molecule has 0 unspecified atom stereocenters. The average molecular weight is 246 g/mol. The summed E-state index contributed by atoms with van der Waals surface area (Å²) in [6.07, 6.45) is 2.97. The maximum atomic E-state index is 12.3. The van der Waals surface area contributed by atoms with Crippen LogP contribution in [0.4, 0.5) is 0 Å². The molecule has 0 bridgehead atoms. The predicted octanol–water partition coefficient (Wildman–Crippen LogP) is 2.30. The molecule has 1 fully saturated rings. The van der Waals surface area contributed by atoms with Crippen LogP contribution in [0.1, 0.15) is 43.4 Å². The van der Waals surface area contributed by atoms with E-state index >= 15 is 0 Å². The third-order valence-electron chi connectivity index (χ3n) is 4.19. The van der Waals surface area contributed by atoms with E-state index < -0.39 is 0 Å². The van der Waals surface area contributed by atoms with Crippen molar-refractivity contribution in [3.8, 4) is 0 Å². The van der Waals surface area contributed by atoms with Gasteiger partial charge in [0.2, 0.25) is 5.91 Å². The van der Waals surface area contributed by atoms with E-state index in [2.05, 4.69) is 24.4 Å². The topological polar surface area (TPSA) is 55.1 Å². The molecule has 0 aliphatic heterocycles. The Bertz CT molecular complexity index is 432. The molecular formula is C15H22N2O. The van der Waals surface area contributed by atoms with Crippen LogP contribution < -0.4 is 11.1 Å². The summed E-state index contributed by atoms with van der Waals surface area (Å²) in [4.78, 5) is 12.3. The summed E-state index contributed by atoms with van der Waals surface area (Å²) in [5.74, 6) is 0.118. The van der Waals surface area contributed by atoms with Gasteiger partial charge in [0.25, 0.3) is 0 Å². The van der Waals surface area contributed by atoms with Crippen molar-refractivity contribution < 1.29 is 4.79 Å². The maximum absolute atomic E-state index is 12.3. The number of aryl methyl sites for hydroxylation is 1. The Hall–Kier alpha value is -1.35. The predicted molar refractivity (Wildman–Crippen MR) is 73.1 cm³/mol. The van der Waals surface area contributed by atoms with Gasteiger partial charge in [-0.05, 0) is 37.8 Å². The molecule has 0 aromatic heterocycles. The number of nitrogens with one attached hydrogen (secondary N) is 1. The molecule has 1 atom stereocenters. The fourth-order valence-corrected chi connectivity index (χ4v) is 2.63. The second kappa shape index (κ2) is 5.11. The van der Waals surface area contributed by atoms with Crippen LogP contribution in [0.15, 0.2) is 24.3 Å². The molecule has 98 valence electrons. The highest BCUT2D eigenvalue weighted by Gasteiger charge is 2.43. The Morgan fingerprint density at radius 1 is 1.44 bits per heavy atom. The van der Waals surface area contributed by atoms with Crippen LogP contribution in [0.5, 0.6) is 0 Å². The van der Waals surface area contributed by atoms with E-state index in [0.29, 0.717) is 6.54 Å². The fourth-order valence-electron chi connectivity index (χ4n) is 2.63. The Morgan fingerprint density at radius 2 is 2.11 bits per heavy atom. The van der Waals surface area contributed by atoms with Crippen LogP contribution in [0.2, 0.25) is 0 Å². The summed E-state index contributed by atoms with van der Waals surface area (Å²) in [5.41, 5.74) is 7.85. The Kier molecular flexibility index (Phi) is 3.71. The van der Waals surface area contributed by atoms with Gasteiger partial charge in [-0.25, -0.2) is 0 Å². The summed E-state index contributed by atoms with van der Waals surface area (Å²) in [6, 6.07) is 8.20. The molecule has 1 aromatic rings. The van der Waals surface area contributed by atoms with Gasteiger partial charge in [0.15, 0.2) is 0 Å². The molecule has 1 aromatic carbocycles. The number of nitrogens with two attached hydrogens (primary N) is 1. The van der Waals surface area contributed by atoms with Crippen molar-refractivity contribution in [3.63, 3.8) is 0 Å². The summed E-state index contributed by atoms with van der Waals surface area (Å²) < 4.78 is 0. The zero-order valence-electron chi connectivity index (χ0n) is 11.2. The molecular weight excluding hydrogens is 224 g/mol. The van der Waals surface area contributed by atoms with Gasteiger partial charge in [0.05, 0.1) is 11.5 Å². The molecule has 0 heterocycles. The van der Waals surface area contributed by atoms with E-state index in [0.717, 1.165) is 19.3 Å². The number of carbonyl (C=O) groups is 1. The lowest BCUT2D eigenvalue weighted by atomic mass is 9.68. The molecule has 0 spiro atoms. The van der Waals surface area contributed by atoms with Crippen molar-refractivity contribution in [3.05, 3.63) is 35.4 Å². The lowest BCUT2D eigenvalue weighted by molar-refractivity contribution is -0.135. The maximum Gasteiger partial charge on any atom is 0.227 e. The van der Waals surface area contributed by atoms with Gasteiger partial charge >= 0.3 is 0 Å². The van der Waals surface area contributed by atoms with E-state index in [1.807, 2.05) is 19.1 Å². The van der Waals surface area contributed by atoms with Crippen molar-refractivity contribution in [2.75, 3.05) is 6.54 Å². The molecule has 0 saturated heterocycles. The summed E-state index contributed by atoms with van der Waals surface area (Å²) in [7, 11) is 0. The molecule has 1 aliphatic rings. The van der Waals surface area contributed by atoms with E-state index in [1.54, 1.807) is 0 Å². The van der Waals surface area contributed by atoms with Gasteiger partial charge < -0.3 is 11.1 Å². The minimum absolute atomic E-state index is 0.0442. The molecule has 3 heteroatoms. The van der Waals surface area contributed by atoms with Gasteiger partial charge in [-0.3, -0.25) is 4.79 Å². The van der Waals surface area contributed by atoms with Crippen molar-refractivity contribution in [2.45, 2.75) is 39.2 Å². The highest BCUT2D eigenvalue weighted by Crippen LogP contribution is 2.40. The highest BCUT2D eigenvalue weighted by atomic mass is 16.2. The third-order valence-corrected chi connectivity index (χ3v) is 4.19. The van der Waals surface area contributed by atoms with Crippen LogP contribution in [-0.2, 0) is 4.79 Å². The minimum Gasteiger partial charge on any atom is -0.349 e. The van der Waals surface area contributed by atoms with Gasteiger partial charge in [-0.2, -0.15) is 0 Å². The molecule has 1 saturated carbocycles. The first kappa shape index (κ1) is 13.1. The summed E-state index contributed by atoms with van der Waals surface area (Å²) in [6.45, 7) is 4.56. The zero-order chi connectivity index (χ0) is 13.2. The lowest BCUT2D eigenvalue weighted by Gasteiger charge is -2.40. The first-order valence-corrected chi connectivity index (χ1v) is 6.66. The lowest BCUT2D eigenvalue weighted by Crippen LogP contribution is -2.50. The standard InChI is InChI=1S/C15H22N2O/c1-11-6-3-4-7-13(11)12(2)17-14(18)15(10-16)8-5-9-15/h3-4,6-7,12H,5,8-10,16H2,1-2H3,(H,17,18)/t12-/m0/s1. The molecule has 2 rings (SSSR count). The number of carbonyl (C=O) groups excluding carboxylic acids is 1. The van der Waals surface area contributed by atoms with Crippen LogP contribution in [0.25, 0.3) is 0 Å². The third kappa shape index (κ3) is 2.27. The second-order valence-electron chi connectivity index (χ2n) is 5.39. The fraction of sp³-hybridized carbons (Fsp3) is 0.533. The highest BCUT2D eigenvalue weighted by molar-refractivity contribution is 5.84. The van der Waals surface area contributed by atoms with E-state index in [-0.39, 0.29) is 17.4 Å². The molecule has 18 heavy (non-hydrogen) atoms. The normalized spacial score (nSPS) is 18.8. The average Bonchev–Trinajstić information content (AvgIpc) is 2.28. The van der Waals surface area contributed by atoms with Gasteiger partial charge in [-0.15, -0.1) is 0 Å². The first-order chi connectivity index (χ1) is 8.59. The number of hydrogen-bond acceptors (Lipinski definition) is 2. The first-order valence-electron chi connectivity index (χ1n) is 6.66. The van der Waals surface area contributed by atoms with Crippen molar-refractivity contribution in [1.29, 1.82) is 0 Å². The molecule has 3 N–H and O–H groups in total. The quantitative estimate of drug-likeness (QED) is 0.856. The van der Waals surface area contributed by atoms with Crippen LogP contribution >= 0.6 is 0 Å².